The number of carbonyl (C=O) groups excluding carboxylic acids is 1. The number of anilines is 1. The number of aryl methyl sites for hydroxylation is 1. The van der Waals surface area contributed by atoms with E-state index in [0.29, 0.717) is 22.8 Å². The minimum absolute atomic E-state index is 0.00795. The van der Waals surface area contributed by atoms with Gasteiger partial charge in [0.25, 0.3) is 5.91 Å². The number of nitrogens with zero attached hydrogens (tertiary/aromatic N) is 3. The first-order chi connectivity index (χ1) is 17.2. The molecule has 1 heterocycles. The summed E-state index contributed by atoms with van der Waals surface area (Å²) < 4.78 is 1.58. The fraction of sp³-hybridized carbons (Fsp3) is 0.233. The Morgan fingerprint density at radius 2 is 1.69 bits per heavy atom. The predicted molar refractivity (Wildman–Crippen MR) is 145 cm³/mol. The molecular formula is C30H31N5O. The highest BCUT2D eigenvalue weighted by atomic mass is 16.2. The molecule has 1 atom stereocenters. The fourth-order valence-electron chi connectivity index (χ4n) is 4.03. The second-order valence-electron chi connectivity index (χ2n) is 10.1. The molecular weight excluding hydrogens is 446 g/mol. The molecule has 3 aromatic carbocycles. The summed E-state index contributed by atoms with van der Waals surface area (Å²) in [5.41, 5.74) is 5.36. The molecule has 0 aliphatic carbocycles. The Bertz CT molecular complexity index is 1390. The zero-order valence-corrected chi connectivity index (χ0v) is 21.1. The maximum atomic E-state index is 13.3. The molecule has 0 spiro atoms. The third-order valence-electron chi connectivity index (χ3n) is 5.71. The lowest BCUT2D eigenvalue weighted by Crippen LogP contribution is -2.31. The van der Waals surface area contributed by atoms with E-state index in [-0.39, 0.29) is 17.4 Å². The maximum absolute atomic E-state index is 13.3. The van der Waals surface area contributed by atoms with E-state index in [2.05, 4.69) is 59.5 Å². The summed E-state index contributed by atoms with van der Waals surface area (Å²) >= 11 is 0. The van der Waals surface area contributed by atoms with Crippen molar-refractivity contribution in [3.05, 3.63) is 119 Å². The summed E-state index contributed by atoms with van der Waals surface area (Å²) in [6.45, 7) is 16.6. The fourth-order valence-corrected chi connectivity index (χ4v) is 4.03. The van der Waals surface area contributed by atoms with Crippen LogP contribution in [-0.4, -0.2) is 22.2 Å². The summed E-state index contributed by atoms with van der Waals surface area (Å²) in [5, 5.41) is 11.2. The standard InChI is InChI=1S/C30H31N5O/c1-21-17-27(35(34-21)26-16-10-14-24(19-26)31-5)29(36)33-25-15-9-13-23(18-25)28(32-20-30(2,3)4)22-11-7-6-8-12-22/h6-19,28,32H,20H2,1-4H3,(H,33,36). The Labute approximate surface area is 212 Å². The summed E-state index contributed by atoms with van der Waals surface area (Å²) in [5.74, 6) is -0.264. The topological polar surface area (TPSA) is 63.3 Å². The molecule has 1 aromatic heterocycles. The number of amides is 1. The summed E-state index contributed by atoms with van der Waals surface area (Å²) in [4.78, 5) is 16.8. The zero-order valence-electron chi connectivity index (χ0n) is 21.1. The van der Waals surface area contributed by atoms with Crippen LogP contribution >= 0.6 is 0 Å². The number of aromatic nitrogens is 2. The lowest BCUT2D eigenvalue weighted by Gasteiger charge is -2.26. The molecule has 0 saturated carbocycles. The van der Waals surface area contributed by atoms with Crippen LogP contribution in [0.2, 0.25) is 0 Å². The number of hydrogen-bond acceptors (Lipinski definition) is 3. The summed E-state index contributed by atoms with van der Waals surface area (Å²) in [6, 6.07) is 27.1. The maximum Gasteiger partial charge on any atom is 0.274 e. The summed E-state index contributed by atoms with van der Waals surface area (Å²) in [6.07, 6.45) is 0. The van der Waals surface area contributed by atoms with Crippen molar-refractivity contribution in [2.45, 2.75) is 33.7 Å². The number of hydrogen-bond donors (Lipinski definition) is 2. The van der Waals surface area contributed by atoms with E-state index in [4.69, 9.17) is 6.57 Å². The van der Waals surface area contributed by atoms with E-state index < -0.39 is 0 Å². The molecule has 36 heavy (non-hydrogen) atoms. The molecule has 0 saturated heterocycles. The molecule has 0 aliphatic heterocycles. The van der Waals surface area contributed by atoms with E-state index in [1.165, 1.54) is 5.56 Å². The second-order valence-corrected chi connectivity index (χ2v) is 10.1. The molecule has 4 rings (SSSR count). The molecule has 4 aromatic rings. The van der Waals surface area contributed by atoms with E-state index >= 15 is 0 Å². The van der Waals surface area contributed by atoms with Gasteiger partial charge in [0, 0.05) is 12.2 Å². The second kappa shape index (κ2) is 10.6. The van der Waals surface area contributed by atoms with Crippen LogP contribution in [0.1, 0.15) is 54.1 Å². The average molecular weight is 478 g/mol. The van der Waals surface area contributed by atoms with Crippen LogP contribution in [0.5, 0.6) is 0 Å². The highest BCUT2D eigenvalue weighted by molar-refractivity contribution is 6.03. The van der Waals surface area contributed by atoms with Crippen molar-refractivity contribution in [2.24, 2.45) is 5.41 Å². The van der Waals surface area contributed by atoms with Gasteiger partial charge in [0.15, 0.2) is 5.69 Å². The van der Waals surface area contributed by atoms with Crippen molar-refractivity contribution in [1.29, 1.82) is 0 Å². The quantitative estimate of drug-likeness (QED) is 0.291. The van der Waals surface area contributed by atoms with Gasteiger partial charge >= 0.3 is 0 Å². The van der Waals surface area contributed by atoms with E-state index in [1.54, 1.807) is 28.9 Å². The molecule has 0 bridgehead atoms. The van der Waals surface area contributed by atoms with Crippen molar-refractivity contribution >= 4 is 17.3 Å². The summed E-state index contributed by atoms with van der Waals surface area (Å²) in [7, 11) is 0. The van der Waals surface area contributed by atoms with Crippen LogP contribution in [0.4, 0.5) is 11.4 Å². The minimum atomic E-state index is -0.264. The van der Waals surface area contributed by atoms with Crippen molar-refractivity contribution in [3.8, 4) is 5.69 Å². The van der Waals surface area contributed by atoms with Crippen molar-refractivity contribution in [3.63, 3.8) is 0 Å². The van der Waals surface area contributed by atoms with Gasteiger partial charge in [-0.2, -0.15) is 5.10 Å². The van der Waals surface area contributed by atoms with E-state index in [1.807, 2.05) is 49.4 Å². The van der Waals surface area contributed by atoms with Gasteiger partial charge in [-0.15, -0.1) is 0 Å². The van der Waals surface area contributed by atoms with Gasteiger partial charge in [-0.05, 0) is 53.8 Å². The van der Waals surface area contributed by atoms with Gasteiger partial charge in [0.2, 0.25) is 0 Å². The monoisotopic (exact) mass is 477 g/mol. The Morgan fingerprint density at radius 3 is 2.42 bits per heavy atom. The third kappa shape index (κ3) is 6.07. The lowest BCUT2D eigenvalue weighted by atomic mass is 9.93. The Morgan fingerprint density at radius 1 is 0.972 bits per heavy atom. The van der Waals surface area contributed by atoms with Crippen molar-refractivity contribution in [1.82, 2.24) is 15.1 Å². The minimum Gasteiger partial charge on any atom is -0.321 e. The van der Waals surface area contributed by atoms with Crippen LogP contribution < -0.4 is 10.6 Å². The molecule has 182 valence electrons. The largest absolute Gasteiger partial charge is 0.321 e. The molecule has 2 N–H and O–H groups in total. The Hall–Kier alpha value is -4.21. The first-order valence-corrected chi connectivity index (χ1v) is 12.0. The first kappa shape index (κ1) is 24.9. The Balaban J connectivity index is 1.62. The SMILES string of the molecule is [C-]#[N+]c1cccc(-n2nc(C)cc2C(=O)Nc2cccc(C(NCC(C)(C)C)c3ccccc3)c2)c1. The normalized spacial score (nSPS) is 12.1. The lowest BCUT2D eigenvalue weighted by molar-refractivity contribution is 0.101. The molecule has 0 radical (unpaired) electrons. The predicted octanol–water partition coefficient (Wildman–Crippen LogP) is 6.71. The van der Waals surface area contributed by atoms with Gasteiger partial charge in [0.1, 0.15) is 5.69 Å². The number of nitrogens with one attached hydrogen (secondary N) is 2. The van der Waals surface area contributed by atoms with Gasteiger partial charge in [-0.3, -0.25) is 4.79 Å². The number of benzene rings is 3. The molecule has 6 nitrogen and oxygen atoms in total. The van der Waals surface area contributed by atoms with Crippen LogP contribution in [0.25, 0.3) is 10.5 Å². The van der Waals surface area contributed by atoms with Crippen LogP contribution in [0, 0.1) is 18.9 Å². The molecule has 1 amide bonds. The van der Waals surface area contributed by atoms with Crippen LogP contribution in [0.3, 0.4) is 0 Å². The van der Waals surface area contributed by atoms with E-state index in [0.717, 1.165) is 17.8 Å². The molecule has 1 unspecified atom stereocenters. The van der Waals surface area contributed by atoms with Crippen molar-refractivity contribution in [2.75, 3.05) is 11.9 Å². The highest BCUT2D eigenvalue weighted by Crippen LogP contribution is 2.27. The zero-order chi connectivity index (χ0) is 25.7. The molecule has 0 fully saturated rings. The Kier molecular flexibility index (Phi) is 7.33. The number of carbonyl (C=O) groups is 1. The highest BCUT2D eigenvalue weighted by Gasteiger charge is 2.20. The van der Waals surface area contributed by atoms with E-state index in [9.17, 15) is 4.79 Å². The molecule has 6 heteroatoms. The smallest absolute Gasteiger partial charge is 0.274 e. The van der Waals surface area contributed by atoms with Crippen molar-refractivity contribution < 1.29 is 4.79 Å². The molecule has 0 aliphatic rings. The van der Waals surface area contributed by atoms with Crippen LogP contribution in [-0.2, 0) is 0 Å². The number of rotatable bonds is 7. The average Bonchev–Trinajstić information content (AvgIpc) is 3.26. The first-order valence-electron chi connectivity index (χ1n) is 12.0. The van der Waals surface area contributed by atoms with Gasteiger partial charge in [0.05, 0.1) is 24.0 Å². The van der Waals surface area contributed by atoms with Gasteiger partial charge in [-0.1, -0.05) is 75.4 Å². The van der Waals surface area contributed by atoms with Crippen LogP contribution in [0.15, 0.2) is 84.9 Å². The van der Waals surface area contributed by atoms with Gasteiger partial charge in [-0.25, -0.2) is 9.53 Å². The third-order valence-corrected chi connectivity index (χ3v) is 5.71. The van der Waals surface area contributed by atoms with Gasteiger partial charge < -0.3 is 10.6 Å².